The first-order chi connectivity index (χ1) is 27.7. The van der Waals surface area contributed by atoms with Gasteiger partial charge in [-0.2, -0.15) is 5.10 Å². The van der Waals surface area contributed by atoms with Crippen LogP contribution in [0, 0.1) is 6.92 Å². The molecule has 0 saturated carbocycles. The number of nitrogens with one attached hydrogen (secondary N) is 1. The van der Waals surface area contributed by atoms with Gasteiger partial charge in [0.2, 0.25) is 0 Å². The van der Waals surface area contributed by atoms with Crippen LogP contribution >= 0.6 is 0 Å². The van der Waals surface area contributed by atoms with Crippen LogP contribution in [0.5, 0.6) is 17.2 Å². The number of esters is 3. The molecule has 0 spiro atoms. The molecule has 0 fully saturated rings. The molecule has 0 atom stereocenters. The number of carbonyl (C=O) groups is 3. The van der Waals surface area contributed by atoms with Crippen LogP contribution in [0.25, 0.3) is 21.5 Å². The van der Waals surface area contributed by atoms with Crippen molar-refractivity contribution in [2.24, 2.45) is 5.10 Å². The predicted octanol–water partition coefficient (Wildman–Crippen LogP) is 11.0. The number of nitrogens with zero attached hydrogens (tertiary/aromatic N) is 1. The maximum absolute atomic E-state index is 13.4. The highest BCUT2D eigenvalue weighted by Gasteiger charge is 2.17. The van der Waals surface area contributed by atoms with Gasteiger partial charge in [0.05, 0.1) is 36.2 Å². The molecule has 6 aromatic carbocycles. The van der Waals surface area contributed by atoms with Crippen LogP contribution in [0.3, 0.4) is 0 Å². The van der Waals surface area contributed by atoms with Crippen molar-refractivity contribution in [3.63, 3.8) is 0 Å². The quantitative estimate of drug-likeness (QED) is 0.0244. The lowest BCUT2D eigenvalue weighted by molar-refractivity contribution is -0.137. The Kier molecular flexibility index (Phi) is 13.5. The lowest BCUT2D eigenvalue weighted by atomic mass is 10.0. The van der Waals surface area contributed by atoms with Gasteiger partial charge in [0.1, 0.15) is 17.2 Å². The molecule has 290 valence electrons. The molecule has 0 amide bonds. The van der Waals surface area contributed by atoms with Gasteiger partial charge in [-0.3, -0.25) is 5.43 Å². The third-order valence-electron chi connectivity index (χ3n) is 9.46. The second-order valence-corrected chi connectivity index (χ2v) is 14.0. The minimum absolute atomic E-state index is 0.259. The molecule has 0 radical (unpaired) electrons. The number of benzene rings is 6. The molecule has 0 aliphatic heterocycles. The molecule has 0 aromatic heterocycles. The van der Waals surface area contributed by atoms with E-state index in [9.17, 15) is 14.4 Å². The first-order valence-electron chi connectivity index (χ1n) is 19.1. The molecule has 9 nitrogen and oxygen atoms in total. The van der Waals surface area contributed by atoms with Crippen molar-refractivity contribution in [3.8, 4) is 17.2 Å². The maximum Gasteiger partial charge on any atom is 0.343 e. The van der Waals surface area contributed by atoms with E-state index in [1.54, 1.807) is 49.5 Å². The van der Waals surface area contributed by atoms with Gasteiger partial charge in [0, 0.05) is 17.0 Å². The minimum atomic E-state index is -0.549. The summed E-state index contributed by atoms with van der Waals surface area (Å²) >= 11 is 0. The number of unbranched alkanes of at least 4 members (excludes halogenated alkanes) is 3. The average Bonchev–Trinajstić information content (AvgIpc) is 3.22. The molecule has 57 heavy (non-hydrogen) atoms. The summed E-state index contributed by atoms with van der Waals surface area (Å²) in [6.45, 7) is 10.3. The van der Waals surface area contributed by atoms with Crippen LogP contribution < -0.4 is 19.6 Å². The fourth-order valence-electron chi connectivity index (χ4n) is 6.24. The summed E-state index contributed by atoms with van der Waals surface area (Å²) in [5.74, 6) is 0.258. The number of hydrazone groups is 1. The standard InChI is InChI=1S/C48H46N2O7/c1-5-46(51)55-26-11-7-6-10-25-54-41-22-19-36-29-39(18-17-37(36)30-41)48(53)56-44-23-21-38(27-33(44)4)47(52)57-45-24-20-35(32(2)3)28-40(45)31-49-50-43-16-12-14-34-13-8-9-15-42(34)43/h5,8-9,12-24,27-32,50H,1,6-7,10-11,25-26H2,2-4H3/b49-31+. The molecule has 9 heteroatoms. The van der Waals surface area contributed by atoms with E-state index in [-0.39, 0.29) is 5.92 Å². The molecular weight excluding hydrogens is 717 g/mol. The third-order valence-corrected chi connectivity index (χ3v) is 9.46. The SMILES string of the molecule is C=CC(=O)OCCCCCCOc1ccc2cc(C(=O)Oc3ccc(C(=O)Oc4ccc(C(C)C)cc4/C=N/Nc4cccc5ccccc45)cc3C)ccc2c1. The zero-order valence-electron chi connectivity index (χ0n) is 32.5. The molecule has 0 heterocycles. The zero-order chi connectivity index (χ0) is 40.1. The molecule has 6 aromatic rings. The summed E-state index contributed by atoms with van der Waals surface area (Å²) in [6, 6.07) is 35.7. The Labute approximate surface area is 332 Å². The van der Waals surface area contributed by atoms with E-state index in [1.807, 2.05) is 78.9 Å². The molecule has 6 rings (SSSR count). The zero-order valence-corrected chi connectivity index (χ0v) is 32.5. The van der Waals surface area contributed by atoms with E-state index in [2.05, 4.69) is 31.0 Å². The summed E-state index contributed by atoms with van der Waals surface area (Å²) < 4.78 is 22.6. The second-order valence-electron chi connectivity index (χ2n) is 14.0. The maximum atomic E-state index is 13.4. The van der Waals surface area contributed by atoms with Crippen molar-refractivity contribution in [2.75, 3.05) is 18.6 Å². The van der Waals surface area contributed by atoms with Crippen LogP contribution in [0.1, 0.15) is 82.9 Å². The number of fused-ring (bicyclic) bond motifs is 2. The van der Waals surface area contributed by atoms with Crippen molar-refractivity contribution in [3.05, 3.63) is 156 Å². The topological polar surface area (TPSA) is 113 Å². The number of hydrogen-bond acceptors (Lipinski definition) is 9. The lowest BCUT2D eigenvalue weighted by Crippen LogP contribution is -2.12. The van der Waals surface area contributed by atoms with Crippen molar-refractivity contribution >= 4 is 51.4 Å². The summed E-state index contributed by atoms with van der Waals surface area (Å²) in [7, 11) is 0. The van der Waals surface area contributed by atoms with Gasteiger partial charge in [-0.1, -0.05) is 75.0 Å². The van der Waals surface area contributed by atoms with Gasteiger partial charge in [-0.15, -0.1) is 0 Å². The first kappa shape index (κ1) is 39.9. The highest BCUT2D eigenvalue weighted by atomic mass is 16.5. The second kappa shape index (κ2) is 19.2. The Morgan fingerprint density at radius 1 is 0.702 bits per heavy atom. The van der Waals surface area contributed by atoms with Crippen molar-refractivity contribution < 1.29 is 33.3 Å². The highest BCUT2D eigenvalue weighted by molar-refractivity contribution is 5.98. The van der Waals surface area contributed by atoms with Crippen molar-refractivity contribution in [2.45, 2.75) is 52.4 Å². The van der Waals surface area contributed by atoms with Gasteiger partial charge in [0.25, 0.3) is 0 Å². The lowest BCUT2D eigenvalue weighted by Gasteiger charge is -2.13. The predicted molar refractivity (Wildman–Crippen MR) is 226 cm³/mol. The fraction of sp³-hybridized carbons (Fsp3) is 0.208. The molecule has 0 bridgehead atoms. The largest absolute Gasteiger partial charge is 0.494 e. The monoisotopic (exact) mass is 762 g/mol. The molecular formula is C48H46N2O7. The Bertz CT molecular complexity index is 2430. The van der Waals surface area contributed by atoms with E-state index in [4.69, 9.17) is 18.9 Å². The molecule has 0 unspecified atom stereocenters. The smallest absolute Gasteiger partial charge is 0.343 e. The third kappa shape index (κ3) is 10.7. The minimum Gasteiger partial charge on any atom is -0.494 e. The number of rotatable bonds is 17. The molecule has 1 N–H and O–H groups in total. The van der Waals surface area contributed by atoms with Crippen LogP contribution in [0.2, 0.25) is 0 Å². The number of aryl methyl sites for hydroxylation is 1. The summed E-state index contributed by atoms with van der Waals surface area (Å²) in [4.78, 5) is 37.7. The van der Waals surface area contributed by atoms with E-state index in [0.717, 1.165) is 64.2 Å². The number of hydrogen-bond donors (Lipinski definition) is 1. The van der Waals surface area contributed by atoms with Crippen LogP contribution in [0.4, 0.5) is 5.69 Å². The average molecular weight is 763 g/mol. The number of ether oxygens (including phenoxy) is 4. The van der Waals surface area contributed by atoms with Crippen molar-refractivity contribution in [1.82, 2.24) is 0 Å². The Balaban J connectivity index is 1.05. The summed E-state index contributed by atoms with van der Waals surface area (Å²) in [5, 5.41) is 8.45. The van der Waals surface area contributed by atoms with E-state index >= 15 is 0 Å². The van der Waals surface area contributed by atoms with E-state index in [1.165, 1.54) is 6.08 Å². The normalized spacial score (nSPS) is 11.2. The van der Waals surface area contributed by atoms with Crippen LogP contribution in [-0.2, 0) is 9.53 Å². The van der Waals surface area contributed by atoms with Gasteiger partial charge >= 0.3 is 17.9 Å². The first-order valence-corrected chi connectivity index (χ1v) is 19.1. The van der Waals surface area contributed by atoms with E-state index < -0.39 is 17.9 Å². The molecule has 0 aliphatic rings. The van der Waals surface area contributed by atoms with Crippen LogP contribution in [0.15, 0.2) is 133 Å². The van der Waals surface area contributed by atoms with Gasteiger partial charge in [0.15, 0.2) is 0 Å². The Morgan fingerprint density at radius 3 is 2.18 bits per heavy atom. The summed E-state index contributed by atoms with van der Waals surface area (Å²) in [6.07, 6.45) is 6.42. The Morgan fingerprint density at radius 2 is 1.39 bits per heavy atom. The van der Waals surface area contributed by atoms with Crippen LogP contribution in [-0.4, -0.2) is 37.3 Å². The fourth-order valence-corrected chi connectivity index (χ4v) is 6.24. The number of anilines is 1. The highest BCUT2D eigenvalue weighted by Crippen LogP contribution is 2.28. The van der Waals surface area contributed by atoms with Gasteiger partial charge < -0.3 is 18.9 Å². The summed E-state index contributed by atoms with van der Waals surface area (Å²) in [5.41, 5.74) is 7.04. The molecule has 0 aliphatic carbocycles. The number of carbonyl (C=O) groups excluding carboxylic acids is 3. The Hall–Kier alpha value is -6.74. The molecule has 0 saturated heterocycles. The van der Waals surface area contributed by atoms with Gasteiger partial charge in [-0.05, 0) is 126 Å². The van der Waals surface area contributed by atoms with Crippen molar-refractivity contribution in [1.29, 1.82) is 0 Å². The van der Waals surface area contributed by atoms with E-state index in [0.29, 0.717) is 47.0 Å². The van der Waals surface area contributed by atoms with Gasteiger partial charge in [-0.25, -0.2) is 14.4 Å².